The topological polar surface area (TPSA) is 66.1 Å². The number of carbonyl (C=O) groups is 1. The molecule has 2 heterocycles. The van der Waals surface area contributed by atoms with Crippen LogP contribution in [0, 0.1) is 0 Å². The third-order valence-corrected chi connectivity index (χ3v) is 5.95. The van der Waals surface area contributed by atoms with Crippen LogP contribution in [0.2, 0.25) is 0 Å². The Hall–Kier alpha value is -1.34. The zero-order valence-corrected chi connectivity index (χ0v) is 14.4. The van der Waals surface area contributed by atoms with Crippen molar-refractivity contribution in [3.8, 4) is 0 Å². The fourth-order valence-electron chi connectivity index (χ4n) is 2.64. The van der Waals surface area contributed by atoms with Gasteiger partial charge in [0.15, 0.2) is 0 Å². The van der Waals surface area contributed by atoms with Crippen LogP contribution >= 0.6 is 23.1 Å². The summed E-state index contributed by atoms with van der Waals surface area (Å²) in [6.45, 7) is 0. The van der Waals surface area contributed by atoms with E-state index in [1.165, 1.54) is 28.6 Å². The minimum atomic E-state index is -0.0288. The number of nitrogens with zero attached hydrogens (tertiary/aromatic N) is 2. The number of rotatable bonds is 4. The van der Waals surface area contributed by atoms with Gasteiger partial charge in [-0.05, 0) is 31.2 Å². The Morgan fingerprint density at radius 1 is 1.36 bits per heavy atom. The molecule has 1 amide bonds. The van der Waals surface area contributed by atoms with Crippen molar-refractivity contribution >= 4 is 39.2 Å². The van der Waals surface area contributed by atoms with Gasteiger partial charge in [-0.25, -0.2) is 4.98 Å². The Morgan fingerprint density at radius 2 is 2.14 bits per heavy atom. The Labute approximate surface area is 137 Å². The molecule has 2 aromatic rings. The maximum atomic E-state index is 12.4. The summed E-state index contributed by atoms with van der Waals surface area (Å²) in [5, 5.41) is 0.790. The lowest BCUT2D eigenvalue weighted by Crippen LogP contribution is -2.23. The predicted molar refractivity (Wildman–Crippen MR) is 91.7 cm³/mol. The van der Waals surface area contributed by atoms with Gasteiger partial charge in [-0.2, -0.15) is 0 Å². The highest BCUT2D eigenvalue weighted by molar-refractivity contribution is 7.99. The van der Waals surface area contributed by atoms with Crippen molar-refractivity contribution < 1.29 is 4.79 Å². The van der Waals surface area contributed by atoms with Crippen molar-refractivity contribution in [1.29, 1.82) is 0 Å². The van der Waals surface area contributed by atoms with E-state index in [-0.39, 0.29) is 11.5 Å². The fourth-order valence-corrected chi connectivity index (χ4v) is 4.79. The Kier molecular flexibility index (Phi) is 4.54. The fraction of sp³-hybridized carbons (Fsp3) is 0.533. The molecule has 2 aromatic heterocycles. The Bertz CT molecular complexity index is 764. The van der Waals surface area contributed by atoms with Crippen molar-refractivity contribution in [2.75, 3.05) is 19.8 Å². The largest absolute Gasteiger partial charge is 0.348 e. The zero-order valence-electron chi connectivity index (χ0n) is 12.8. The molecule has 0 aromatic carbocycles. The molecule has 0 aliphatic heterocycles. The molecule has 5 nitrogen and oxygen atoms in total. The van der Waals surface area contributed by atoms with E-state index in [0.717, 1.165) is 29.5 Å². The van der Waals surface area contributed by atoms with E-state index in [1.807, 2.05) is 0 Å². The summed E-state index contributed by atoms with van der Waals surface area (Å²) in [7, 11) is 3.48. The average molecular weight is 337 g/mol. The van der Waals surface area contributed by atoms with Crippen molar-refractivity contribution in [3.05, 3.63) is 26.6 Å². The first-order valence-electron chi connectivity index (χ1n) is 7.37. The van der Waals surface area contributed by atoms with E-state index in [2.05, 4.69) is 9.97 Å². The molecule has 3 rings (SSSR count). The number of H-pyrrole nitrogens is 1. The molecule has 22 heavy (non-hydrogen) atoms. The number of thioether (sulfide) groups is 1. The molecule has 0 saturated heterocycles. The molecular formula is C15H19N3O2S2. The quantitative estimate of drug-likeness (QED) is 0.929. The predicted octanol–water partition coefficient (Wildman–Crippen LogP) is 2.18. The third kappa shape index (κ3) is 3.05. The maximum Gasteiger partial charge on any atom is 0.259 e. The van der Waals surface area contributed by atoms with Gasteiger partial charge in [0, 0.05) is 19.0 Å². The molecule has 1 N–H and O–H groups in total. The number of nitrogens with one attached hydrogen (secondary N) is 1. The van der Waals surface area contributed by atoms with Crippen molar-refractivity contribution in [2.45, 2.75) is 31.4 Å². The lowest BCUT2D eigenvalue weighted by atomic mass is 9.97. The number of hydrogen-bond acceptors (Lipinski definition) is 5. The van der Waals surface area contributed by atoms with Crippen LogP contribution in [0.5, 0.6) is 0 Å². The first kappa shape index (κ1) is 15.6. The molecule has 0 atom stereocenters. The zero-order chi connectivity index (χ0) is 15.7. The molecule has 0 bridgehead atoms. The number of fused-ring (bicyclic) bond motifs is 3. The van der Waals surface area contributed by atoms with Crippen LogP contribution in [-0.4, -0.2) is 40.6 Å². The smallest absolute Gasteiger partial charge is 0.259 e. The molecule has 118 valence electrons. The highest BCUT2D eigenvalue weighted by atomic mass is 32.2. The summed E-state index contributed by atoms with van der Waals surface area (Å²) in [5.74, 6) is 1.68. The van der Waals surface area contributed by atoms with Crippen molar-refractivity contribution in [2.24, 2.45) is 0 Å². The van der Waals surface area contributed by atoms with Crippen molar-refractivity contribution in [1.82, 2.24) is 14.9 Å². The number of thiophene rings is 1. The maximum absolute atomic E-state index is 12.4. The molecule has 0 spiro atoms. The number of amides is 1. The summed E-state index contributed by atoms with van der Waals surface area (Å²) in [6, 6.07) is 0. The molecule has 7 heteroatoms. The Morgan fingerprint density at radius 3 is 2.91 bits per heavy atom. The van der Waals surface area contributed by atoms with Gasteiger partial charge < -0.3 is 9.88 Å². The first-order valence-corrected chi connectivity index (χ1v) is 9.34. The minimum Gasteiger partial charge on any atom is -0.348 e. The van der Waals surface area contributed by atoms with Crippen LogP contribution in [0.25, 0.3) is 10.2 Å². The van der Waals surface area contributed by atoms with Gasteiger partial charge in [-0.15, -0.1) is 23.1 Å². The van der Waals surface area contributed by atoms with E-state index >= 15 is 0 Å². The second-order valence-corrected chi connectivity index (χ2v) is 7.75. The number of carbonyl (C=O) groups excluding carboxylic acids is 1. The van der Waals surface area contributed by atoms with Gasteiger partial charge >= 0.3 is 0 Å². The summed E-state index contributed by atoms with van der Waals surface area (Å²) in [6.07, 6.45) is 4.42. The summed E-state index contributed by atoms with van der Waals surface area (Å²) in [4.78, 5) is 35.2. The van der Waals surface area contributed by atoms with Crippen LogP contribution in [-0.2, 0) is 23.4 Å². The highest BCUT2D eigenvalue weighted by Gasteiger charge is 2.19. The second kappa shape index (κ2) is 6.42. The van der Waals surface area contributed by atoms with Crippen molar-refractivity contribution in [3.63, 3.8) is 0 Å². The van der Waals surface area contributed by atoms with E-state index in [4.69, 9.17) is 0 Å². The van der Waals surface area contributed by atoms with Gasteiger partial charge in [0.1, 0.15) is 10.7 Å². The van der Waals surface area contributed by atoms with Crippen LogP contribution in [0.4, 0.5) is 0 Å². The number of aryl methyl sites for hydroxylation is 2. The van der Waals surface area contributed by atoms with Gasteiger partial charge in [-0.3, -0.25) is 9.59 Å². The SMILES string of the molecule is CN(C)C(=O)CSCc1nc2sc3c(c2c(=O)[nH]1)CCCC3. The molecular weight excluding hydrogens is 318 g/mol. The summed E-state index contributed by atoms with van der Waals surface area (Å²) in [5.41, 5.74) is 1.18. The summed E-state index contributed by atoms with van der Waals surface area (Å²) >= 11 is 3.13. The van der Waals surface area contributed by atoms with Crippen LogP contribution in [0.1, 0.15) is 29.1 Å². The Balaban J connectivity index is 1.81. The van der Waals surface area contributed by atoms with Gasteiger partial charge in [0.25, 0.3) is 5.56 Å². The van der Waals surface area contributed by atoms with Crippen LogP contribution in [0.3, 0.4) is 0 Å². The van der Waals surface area contributed by atoms with Gasteiger partial charge in [0.05, 0.1) is 16.9 Å². The number of aromatic amines is 1. The average Bonchev–Trinajstić information content (AvgIpc) is 2.85. The lowest BCUT2D eigenvalue weighted by Gasteiger charge is -2.10. The van der Waals surface area contributed by atoms with Crippen LogP contribution < -0.4 is 5.56 Å². The standard InChI is InChI=1S/C15H19N3O2S2/c1-18(2)12(19)8-21-7-11-16-14(20)13-9-5-3-4-6-10(9)22-15(13)17-11/h3-8H2,1-2H3,(H,16,17,20). The van der Waals surface area contributed by atoms with Gasteiger partial charge in [-0.1, -0.05) is 0 Å². The van der Waals surface area contributed by atoms with E-state index in [1.54, 1.807) is 30.3 Å². The second-order valence-electron chi connectivity index (χ2n) is 5.68. The highest BCUT2D eigenvalue weighted by Crippen LogP contribution is 2.33. The minimum absolute atomic E-state index is 0.0288. The molecule has 0 radical (unpaired) electrons. The molecule has 0 unspecified atom stereocenters. The summed E-state index contributed by atoms with van der Waals surface area (Å²) < 4.78 is 0. The normalized spacial score (nSPS) is 14.1. The van der Waals surface area contributed by atoms with E-state index in [9.17, 15) is 9.59 Å². The molecule has 0 fully saturated rings. The van der Waals surface area contributed by atoms with E-state index in [0.29, 0.717) is 17.3 Å². The number of hydrogen-bond donors (Lipinski definition) is 1. The first-order chi connectivity index (χ1) is 10.6. The van der Waals surface area contributed by atoms with Crippen LogP contribution in [0.15, 0.2) is 4.79 Å². The molecule has 1 aliphatic rings. The number of aromatic nitrogens is 2. The third-order valence-electron chi connectivity index (χ3n) is 3.84. The molecule has 1 aliphatic carbocycles. The molecule has 0 saturated carbocycles. The monoisotopic (exact) mass is 337 g/mol. The lowest BCUT2D eigenvalue weighted by molar-refractivity contribution is -0.125. The van der Waals surface area contributed by atoms with E-state index < -0.39 is 0 Å². The van der Waals surface area contributed by atoms with Gasteiger partial charge in [0.2, 0.25) is 5.91 Å².